The summed E-state index contributed by atoms with van der Waals surface area (Å²) in [6, 6.07) is 21.2. The van der Waals surface area contributed by atoms with Crippen LogP contribution in [0.25, 0.3) is 48.2 Å². The first-order valence-corrected chi connectivity index (χ1v) is 15.0. The molecule has 210 valence electrons. The van der Waals surface area contributed by atoms with Gasteiger partial charge in [-0.25, -0.2) is 9.37 Å². The van der Waals surface area contributed by atoms with E-state index in [1.54, 1.807) is 0 Å². The lowest BCUT2D eigenvalue weighted by Gasteiger charge is -2.27. The van der Waals surface area contributed by atoms with E-state index in [9.17, 15) is 4.79 Å². The Kier molecular flexibility index (Phi) is 6.17. The lowest BCUT2D eigenvalue weighted by molar-refractivity contribution is 0.0378. The van der Waals surface area contributed by atoms with Gasteiger partial charge in [0.1, 0.15) is 16.2 Å². The molecule has 0 spiro atoms. The van der Waals surface area contributed by atoms with Gasteiger partial charge in [-0.3, -0.25) is 9.69 Å². The van der Waals surface area contributed by atoms with Gasteiger partial charge in [0, 0.05) is 25.8 Å². The topological polar surface area (TPSA) is 68.6 Å². The van der Waals surface area contributed by atoms with Crippen LogP contribution in [0.15, 0.2) is 77.7 Å². The third-order valence-electron chi connectivity index (χ3n) is 8.08. The maximum Gasteiger partial charge on any atom is 0.199 e. The van der Waals surface area contributed by atoms with Gasteiger partial charge in [-0.15, -0.1) is 11.3 Å². The van der Waals surface area contributed by atoms with Gasteiger partial charge in [-0.05, 0) is 54.1 Å². The standard InChI is InChI=1S/C33H27FN4O3S/c34-24-18-22-30-32(29(24)35-10-5-11-37-12-14-40-15-13-37)41-27-17-21-7-2-1-6-20(21)16-26(27)38(30)19-23(31(22)39)33-36-25-8-3-4-9-28(25)42-33/h1-4,6-9,16-19,35H,5,10-15H2. The van der Waals surface area contributed by atoms with Crippen molar-refractivity contribution in [3.8, 4) is 27.8 Å². The Hall–Kier alpha value is -4.31. The van der Waals surface area contributed by atoms with Gasteiger partial charge in [0.05, 0.1) is 40.1 Å². The minimum atomic E-state index is -0.516. The van der Waals surface area contributed by atoms with Crippen molar-refractivity contribution in [2.75, 3.05) is 44.7 Å². The molecule has 0 radical (unpaired) electrons. The maximum atomic E-state index is 15.9. The van der Waals surface area contributed by atoms with Gasteiger partial charge in [-0.2, -0.15) is 0 Å². The first-order chi connectivity index (χ1) is 20.6. The fourth-order valence-corrected chi connectivity index (χ4v) is 6.92. The van der Waals surface area contributed by atoms with Crippen molar-refractivity contribution in [1.82, 2.24) is 14.5 Å². The average molecular weight is 579 g/mol. The highest BCUT2D eigenvalue weighted by Crippen LogP contribution is 2.47. The number of morpholine rings is 1. The number of rotatable bonds is 6. The van der Waals surface area contributed by atoms with E-state index in [4.69, 9.17) is 14.5 Å². The molecule has 0 saturated carbocycles. The van der Waals surface area contributed by atoms with Crippen molar-refractivity contribution in [2.45, 2.75) is 6.42 Å². The first-order valence-electron chi connectivity index (χ1n) is 14.2. The number of para-hydroxylation sites is 1. The SMILES string of the molecule is O=c1c(-c2nc3ccccc3s2)cn2c3c(c(NCCCN4CCOCC4)c(F)cc13)Oc1cc3ccccc3cc1-2. The summed E-state index contributed by atoms with van der Waals surface area (Å²) in [7, 11) is 0. The van der Waals surface area contributed by atoms with Crippen molar-refractivity contribution in [3.63, 3.8) is 0 Å². The molecule has 1 saturated heterocycles. The van der Waals surface area contributed by atoms with Crippen molar-refractivity contribution >= 4 is 48.9 Å². The Morgan fingerprint density at radius 1 is 1.00 bits per heavy atom. The second-order valence-electron chi connectivity index (χ2n) is 10.7. The van der Waals surface area contributed by atoms with Crippen LogP contribution in [0, 0.1) is 5.82 Å². The third-order valence-corrected chi connectivity index (χ3v) is 9.14. The van der Waals surface area contributed by atoms with Gasteiger partial charge in [0.25, 0.3) is 0 Å². The molecule has 0 atom stereocenters. The van der Waals surface area contributed by atoms with E-state index in [2.05, 4.69) is 16.3 Å². The van der Waals surface area contributed by atoms with Crippen LogP contribution in [0.2, 0.25) is 0 Å². The Morgan fingerprint density at radius 2 is 1.79 bits per heavy atom. The van der Waals surface area contributed by atoms with Crippen LogP contribution in [0.1, 0.15) is 6.42 Å². The molecule has 7 nitrogen and oxygen atoms in total. The molecule has 1 fully saturated rings. The Bertz CT molecular complexity index is 2030. The molecular formula is C33H27FN4O3S. The fraction of sp³-hybridized carbons (Fsp3) is 0.212. The highest BCUT2D eigenvalue weighted by Gasteiger charge is 2.28. The largest absolute Gasteiger partial charge is 0.451 e. The lowest BCUT2D eigenvalue weighted by Crippen LogP contribution is -2.37. The predicted octanol–water partition coefficient (Wildman–Crippen LogP) is 6.80. The van der Waals surface area contributed by atoms with Gasteiger partial charge in [0.2, 0.25) is 0 Å². The quantitative estimate of drug-likeness (QED) is 0.219. The molecule has 6 aromatic rings. The molecule has 42 heavy (non-hydrogen) atoms. The third kappa shape index (κ3) is 4.24. The molecule has 4 heterocycles. The van der Waals surface area contributed by atoms with Crippen LogP contribution in [-0.2, 0) is 4.74 Å². The van der Waals surface area contributed by atoms with Crippen LogP contribution in [-0.4, -0.2) is 53.8 Å². The van der Waals surface area contributed by atoms with E-state index in [0.717, 1.165) is 65.9 Å². The summed E-state index contributed by atoms with van der Waals surface area (Å²) in [5.74, 6) is 0.411. The number of anilines is 1. The summed E-state index contributed by atoms with van der Waals surface area (Å²) in [6.45, 7) is 4.77. The molecule has 1 N–H and O–H groups in total. The first kappa shape index (κ1) is 25.4. The van der Waals surface area contributed by atoms with Crippen LogP contribution >= 0.6 is 11.3 Å². The van der Waals surface area contributed by atoms with Crippen molar-refractivity contribution < 1.29 is 13.9 Å². The molecule has 0 aliphatic carbocycles. The minimum absolute atomic E-state index is 0.261. The average Bonchev–Trinajstić information content (AvgIpc) is 3.45. The summed E-state index contributed by atoms with van der Waals surface area (Å²) in [6.07, 6.45) is 2.67. The van der Waals surface area contributed by atoms with Gasteiger partial charge < -0.3 is 19.4 Å². The Labute approximate surface area is 244 Å². The summed E-state index contributed by atoms with van der Waals surface area (Å²) in [4.78, 5) is 21.1. The number of hydrogen-bond donors (Lipinski definition) is 1. The van der Waals surface area contributed by atoms with Crippen molar-refractivity contribution in [1.29, 1.82) is 0 Å². The summed E-state index contributed by atoms with van der Waals surface area (Å²) in [5, 5.41) is 6.21. The van der Waals surface area contributed by atoms with E-state index < -0.39 is 5.82 Å². The molecule has 8 rings (SSSR count). The van der Waals surface area contributed by atoms with E-state index in [1.165, 1.54) is 17.4 Å². The number of ether oxygens (including phenoxy) is 2. The van der Waals surface area contributed by atoms with Crippen LogP contribution in [0.5, 0.6) is 11.5 Å². The normalized spacial score (nSPS) is 14.8. The number of aromatic nitrogens is 2. The summed E-state index contributed by atoms with van der Waals surface area (Å²) < 4.78 is 30.7. The Balaban J connectivity index is 1.28. The Morgan fingerprint density at radius 3 is 2.62 bits per heavy atom. The number of nitrogens with zero attached hydrogens (tertiary/aromatic N) is 3. The highest BCUT2D eigenvalue weighted by atomic mass is 32.1. The van der Waals surface area contributed by atoms with Gasteiger partial charge in [0.15, 0.2) is 22.7 Å². The van der Waals surface area contributed by atoms with Crippen molar-refractivity contribution in [2.24, 2.45) is 0 Å². The maximum absolute atomic E-state index is 15.9. The lowest BCUT2D eigenvalue weighted by atomic mass is 10.0. The molecule has 4 aromatic carbocycles. The van der Waals surface area contributed by atoms with E-state index >= 15 is 4.39 Å². The number of pyridine rings is 1. The second kappa shape index (κ2) is 10.2. The summed E-state index contributed by atoms with van der Waals surface area (Å²) >= 11 is 1.46. The minimum Gasteiger partial charge on any atom is -0.451 e. The zero-order chi connectivity index (χ0) is 28.2. The zero-order valence-corrected chi connectivity index (χ0v) is 23.5. The molecule has 9 heteroatoms. The smallest absolute Gasteiger partial charge is 0.199 e. The monoisotopic (exact) mass is 578 g/mol. The van der Waals surface area contributed by atoms with Crippen LogP contribution in [0.4, 0.5) is 10.1 Å². The fourth-order valence-electron chi connectivity index (χ4n) is 5.95. The van der Waals surface area contributed by atoms with E-state index in [1.807, 2.05) is 65.4 Å². The summed E-state index contributed by atoms with van der Waals surface area (Å²) in [5.41, 5.74) is 2.59. The van der Waals surface area contributed by atoms with E-state index in [0.29, 0.717) is 34.1 Å². The van der Waals surface area contributed by atoms with Gasteiger partial charge in [-0.1, -0.05) is 36.4 Å². The van der Waals surface area contributed by atoms with Crippen molar-refractivity contribution in [3.05, 3.63) is 89.0 Å². The number of benzene rings is 4. The molecule has 0 unspecified atom stereocenters. The predicted molar refractivity (Wildman–Crippen MR) is 166 cm³/mol. The molecule has 0 bridgehead atoms. The van der Waals surface area contributed by atoms with Crippen LogP contribution in [0.3, 0.4) is 0 Å². The van der Waals surface area contributed by atoms with E-state index in [-0.39, 0.29) is 16.5 Å². The van der Waals surface area contributed by atoms with Crippen LogP contribution < -0.4 is 15.5 Å². The zero-order valence-electron chi connectivity index (χ0n) is 22.7. The molecule has 2 aromatic heterocycles. The molecular weight excluding hydrogens is 551 g/mol. The number of halogens is 1. The van der Waals surface area contributed by atoms with Gasteiger partial charge >= 0.3 is 0 Å². The molecule has 0 amide bonds. The number of nitrogens with one attached hydrogen (secondary N) is 1. The highest BCUT2D eigenvalue weighted by molar-refractivity contribution is 7.21. The molecule has 2 aliphatic heterocycles. The number of fused-ring (bicyclic) bond motifs is 4. The number of thiazole rings is 1. The number of hydrogen-bond acceptors (Lipinski definition) is 7. The molecule has 2 aliphatic rings. The second-order valence-corrected chi connectivity index (χ2v) is 11.7.